The lowest BCUT2D eigenvalue weighted by atomic mass is 9.96. The molecule has 0 saturated carbocycles. The van der Waals surface area contributed by atoms with Gasteiger partial charge in [0.2, 0.25) is 11.7 Å². The summed E-state index contributed by atoms with van der Waals surface area (Å²) < 4.78 is 21.9. The second-order valence-electron chi connectivity index (χ2n) is 8.67. The van der Waals surface area contributed by atoms with E-state index < -0.39 is 12.2 Å². The van der Waals surface area contributed by atoms with Crippen molar-refractivity contribution in [1.29, 1.82) is 0 Å². The maximum absolute atomic E-state index is 13.0. The van der Waals surface area contributed by atoms with Crippen molar-refractivity contribution in [2.24, 2.45) is 0 Å². The number of hydrogen-bond donors (Lipinski definition) is 0. The molecule has 2 aromatic carbocycles. The quantitative estimate of drug-likeness (QED) is 0.489. The summed E-state index contributed by atoms with van der Waals surface area (Å²) >= 11 is 0. The summed E-state index contributed by atoms with van der Waals surface area (Å²) in [6.45, 7) is 3.71. The van der Waals surface area contributed by atoms with Crippen molar-refractivity contribution in [3.05, 3.63) is 54.4 Å². The van der Waals surface area contributed by atoms with Crippen molar-refractivity contribution in [3.63, 3.8) is 0 Å². The van der Waals surface area contributed by atoms with E-state index >= 15 is 0 Å². The zero-order valence-corrected chi connectivity index (χ0v) is 20.3. The molecule has 3 heterocycles. The average molecular weight is 493 g/mol. The predicted molar refractivity (Wildman–Crippen MR) is 130 cm³/mol. The summed E-state index contributed by atoms with van der Waals surface area (Å²) in [5, 5.41) is 4.15. The number of methoxy groups -OCH3 is 1. The highest BCUT2D eigenvalue weighted by Gasteiger charge is 2.40. The molecule has 0 radical (unpaired) electrons. The normalized spacial score (nSPS) is 18.3. The molecule has 1 atom stereocenters. The molecule has 1 aromatic heterocycles. The van der Waals surface area contributed by atoms with Crippen LogP contribution in [0.5, 0.6) is 11.5 Å². The zero-order valence-electron chi connectivity index (χ0n) is 20.3. The van der Waals surface area contributed by atoms with Gasteiger partial charge in [-0.15, -0.1) is 0 Å². The standard InChI is InChI=1S/C26H28N4O6/c1-3-34-20-10-9-18(15-21(20)33-2)23-27-24(36-28-23)17-11-13-29(14-12-17)25(31)22-16-30(26(32)35-22)19-7-5-4-6-8-19/h4-10,15,17,22H,3,11-14,16H2,1-2H3. The Morgan fingerprint density at radius 2 is 1.89 bits per heavy atom. The number of benzene rings is 2. The molecule has 3 aromatic rings. The molecule has 2 amide bonds. The van der Waals surface area contributed by atoms with Crippen LogP contribution in [0.25, 0.3) is 11.4 Å². The van der Waals surface area contributed by atoms with Crippen molar-refractivity contribution in [2.75, 3.05) is 38.3 Å². The highest BCUT2D eigenvalue weighted by molar-refractivity contribution is 5.95. The van der Waals surface area contributed by atoms with Gasteiger partial charge in [0, 0.05) is 30.3 Å². The fourth-order valence-electron chi connectivity index (χ4n) is 4.56. The van der Waals surface area contributed by atoms with Crippen molar-refractivity contribution in [3.8, 4) is 22.9 Å². The first-order valence-corrected chi connectivity index (χ1v) is 12.0. The first-order valence-electron chi connectivity index (χ1n) is 12.0. The number of carbonyl (C=O) groups excluding carboxylic acids is 2. The molecule has 0 aliphatic carbocycles. The second kappa shape index (κ2) is 10.3. The predicted octanol–water partition coefficient (Wildman–Crippen LogP) is 3.88. The number of ether oxygens (including phenoxy) is 3. The summed E-state index contributed by atoms with van der Waals surface area (Å²) in [6, 6.07) is 14.7. The van der Waals surface area contributed by atoms with E-state index in [4.69, 9.17) is 18.7 Å². The lowest BCUT2D eigenvalue weighted by Gasteiger charge is -2.31. The van der Waals surface area contributed by atoms with E-state index in [1.54, 1.807) is 12.0 Å². The molecule has 0 spiro atoms. The van der Waals surface area contributed by atoms with Gasteiger partial charge in [-0.2, -0.15) is 4.98 Å². The smallest absolute Gasteiger partial charge is 0.415 e. The van der Waals surface area contributed by atoms with Crippen LogP contribution in [-0.4, -0.2) is 66.5 Å². The molecule has 36 heavy (non-hydrogen) atoms. The number of cyclic esters (lactones) is 1. The molecule has 2 saturated heterocycles. The Morgan fingerprint density at radius 3 is 2.61 bits per heavy atom. The largest absolute Gasteiger partial charge is 0.493 e. The maximum Gasteiger partial charge on any atom is 0.415 e. The molecule has 10 heteroatoms. The van der Waals surface area contributed by atoms with Crippen LogP contribution in [0.15, 0.2) is 53.1 Å². The SMILES string of the molecule is CCOc1ccc(-c2noc(C3CCN(C(=O)C4CN(c5ccccc5)C(=O)O4)CC3)n2)cc1OC. The van der Waals surface area contributed by atoms with E-state index in [2.05, 4.69) is 10.1 Å². The zero-order chi connectivity index (χ0) is 25.1. The van der Waals surface area contributed by atoms with E-state index in [0.717, 1.165) is 5.56 Å². The van der Waals surface area contributed by atoms with Crippen LogP contribution in [0.2, 0.25) is 0 Å². The van der Waals surface area contributed by atoms with Crippen LogP contribution in [0.3, 0.4) is 0 Å². The fraction of sp³-hybridized carbons (Fsp3) is 0.385. The summed E-state index contributed by atoms with van der Waals surface area (Å²) in [4.78, 5) is 33.2. The van der Waals surface area contributed by atoms with Crippen LogP contribution in [0, 0.1) is 0 Å². The molecule has 188 valence electrons. The lowest BCUT2D eigenvalue weighted by Crippen LogP contribution is -2.45. The van der Waals surface area contributed by atoms with E-state index in [1.807, 2.05) is 55.5 Å². The summed E-state index contributed by atoms with van der Waals surface area (Å²) in [5.74, 6) is 2.16. The van der Waals surface area contributed by atoms with E-state index in [-0.39, 0.29) is 18.4 Å². The number of piperidine rings is 1. The van der Waals surface area contributed by atoms with E-state index in [1.165, 1.54) is 4.90 Å². The van der Waals surface area contributed by atoms with Crippen LogP contribution in [0.1, 0.15) is 31.6 Å². The van der Waals surface area contributed by atoms with Crippen molar-refractivity contribution >= 4 is 17.7 Å². The van der Waals surface area contributed by atoms with E-state index in [0.29, 0.717) is 61.4 Å². The first kappa shape index (κ1) is 23.7. The third-order valence-corrected chi connectivity index (χ3v) is 6.47. The molecule has 10 nitrogen and oxygen atoms in total. The van der Waals surface area contributed by atoms with Gasteiger partial charge in [-0.1, -0.05) is 23.4 Å². The third-order valence-electron chi connectivity index (χ3n) is 6.47. The highest BCUT2D eigenvalue weighted by atomic mass is 16.6. The van der Waals surface area contributed by atoms with E-state index in [9.17, 15) is 9.59 Å². The number of likely N-dealkylation sites (tertiary alicyclic amines) is 1. The van der Waals surface area contributed by atoms with Crippen LogP contribution < -0.4 is 14.4 Å². The Kier molecular flexibility index (Phi) is 6.75. The topological polar surface area (TPSA) is 107 Å². The number of aromatic nitrogens is 2. The van der Waals surface area contributed by atoms with Gasteiger partial charge in [0.1, 0.15) is 0 Å². The molecule has 5 rings (SSSR count). The molecule has 0 bridgehead atoms. The molecule has 2 aliphatic rings. The van der Waals surface area contributed by atoms with Gasteiger partial charge in [-0.25, -0.2) is 4.79 Å². The number of anilines is 1. The number of amides is 2. The van der Waals surface area contributed by atoms with Crippen LogP contribution >= 0.6 is 0 Å². The van der Waals surface area contributed by atoms with Crippen molar-refractivity contribution < 1.29 is 28.3 Å². The van der Waals surface area contributed by atoms with Gasteiger partial charge in [0.15, 0.2) is 17.6 Å². The maximum atomic E-state index is 13.0. The van der Waals surface area contributed by atoms with Gasteiger partial charge in [-0.05, 0) is 50.1 Å². The first-order chi connectivity index (χ1) is 17.6. The lowest BCUT2D eigenvalue weighted by molar-refractivity contribution is -0.139. The molecule has 2 fully saturated rings. The monoisotopic (exact) mass is 492 g/mol. The second-order valence-corrected chi connectivity index (χ2v) is 8.67. The van der Waals surface area contributed by atoms with Crippen LogP contribution in [-0.2, 0) is 9.53 Å². The fourth-order valence-corrected chi connectivity index (χ4v) is 4.56. The Balaban J connectivity index is 1.19. The van der Waals surface area contributed by atoms with Crippen molar-refractivity contribution in [1.82, 2.24) is 15.0 Å². The molecule has 2 aliphatic heterocycles. The minimum atomic E-state index is -0.807. The summed E-state index contributed by atoms with van der Waals surface area (Å²) in [6.07, 6.45) is 0.0594. The molecular formula is C26H28N4O6. The Labute approximate surface area is 208 Å². The molecule has 1 unspecified atom stereocenters. The highest BCUT2D eigenvalue weighted by Crippen LogP contribution is 2.33. The number of nitrogens with zero attached hydrogens (tertiary/aromatic N) is 4. The van der Waals surface area contributed by atoms with Crippen LogP contribution in [0.4, 0.5) is 10.5 Å². The molecule has 0 N–H and O–H groups in total. The van der Waals surface area contributed by atoms with Gasteiger partial charge in [-0.3, -0.25) is 9.69 Å². The number of para-hydroxylation sites is 1. The van der Waals surface area contributed by atoms with Gasteiger partial charge >= 0.3 is 6.09 Å². The minimum Gasteiger partial charge on any atom is -0.493 e. The Bertz CT molecular complexity index is 1220. The van der Waals surface area contributed by atoms with Gasteiger partial charge in [0.05, 0.1) is 20.3 Å². The van der Waals surface area contributed by atoms with Gasteiger partial charge < -0.3 is 23.6 Å². The average Bonchev–Trinajstić information content (AvgIpc) is 3.57. The summed E-state index contributed by atoms with van der Waals surface area (Å²) in [5.41, 5.74) is 1.48. The van der Waals surface area contributed by atoms with Crippen molar-refractivity contribution in [2.45, 2.75) is 31.8 Å². The Morgan fingerprint density at radius 1 is 1.11 bits per heavy atom. The third kappa shape index (κ3) is 4.71. The van der Waals surface area contributed by atoms with Gasteiger partial charge in [0.25, 0.3) is 5.91 Å². The minimum absolute atomic E-state index is 0.0480. The Hall–Kier alpha value is -4.08. The number of hydrogen-bond acceptors (Lipinski definition) is 8. The number of carbonyl (C=O) groups is 2. The molecular weight excluding hydrogens is 464 g/mol. The number of rotatable bonds is 7. The summed E-state index contributed by atoms with van der Waals surface area (Å²) in [7, 11) is 1.59.